The number of fused-ring (bicyclic) bond motifs is 1. The number of nitrogens with one attached hydrogen (secondary N) is 1. The van der Waals surface area contributed by atoms with E-state index in [0.29, 0.717) is 27.8 Å². The van der Waals surface area contributed by atoms with Crippen molar-refractivity contribution in [3.05, 3.63) is 53.7 Å². The minimum atomic E-state index is -0.822. The van der Waals surface area contributed by atoms with E-state index in [2.05, 4.69) is 10.3 Å². The first-order valence-corrected chi connectivity index (χ1v) is 12.7. The number of rotatable bonds is 8. The van der Waals surface area contributed by atoms with Crippen molar-refractivity contribution in [2.75, 3.05) is 26.1 Å². The minimum absolute atomic E-state index is 0.175. The molecular formula is C28H33ClN4O5. The first-order valence-electron chi connectivity index (χ1n) is 12.3. The van der Waals surface area contributed by atoms with Gasteiger partial charge in [0.05, 0.1) is 27.0 Å². The standard InChI is InChI=1S/C28H33ClN4O5/c1-28(2,3)24(32-17-7-6-8-18(12-17)36-4)27(35)33-15-19(13-22(33)25(30)34)38-26-21-11-16(29)9-10-20(21)23(37-5)14-31-26/h6-12,14,19,22,24,32H,13,15H2,1-5H3,(H2,30,34)/t19-,22+,24?/m1/s1. The Bertz CT molecular complexity index is 1340. The molecule has 1 aromatic heterocycles. The number of nitrogens with two attached hydrogens (primary N) is 1. The van der Waals surface area contributed by atoms with Crippen LogP contribution >= 0.6 is 11.6 Å². The molecule has 2 heterocycles. The molecule has 0 aliphatic carbocycles. The Morgan fingerprint density at radius 3 is 2.55 bits per heavy atom. The number of hydrogen-bond donors (Lipinski definition) is 2. The summed E-state index contributed by atoms with van der Waals surface area (Å²) >= 11 is 6.24. The van der Waals surface area contributed by atoms with Gasteiger partial charge in [0.2, 0.25) is 17.7 Å². The van der Waals surface area contributed by atoms with Crippen LogP contribution in [0.25, 0.3) is 10.8 Å². The second kappa shape index (κ2) is 10.9. The van der Waals surface area contributed by atoms with Crippen molar-refractivity contribution in [1.29, 1.82) is 0 Å². The summed E-state index contributed by atoms with van der Waals surface area (Å²) in [6, 6.07) is 11.2. The van der Waals surface area contributed by atoms with E-state index in [9.17, 15) is 9.59 Å². The largest absolute Gasteiger partial charge is 0.497 e. The molecule has 1 saturated heterocycles. The van der Waals surface area contributed by atoms with E-state index in [0.717, 1.165) is 11.1 Å². The third-order valence-electron chi connectivity index (χ3n) is 6.64. The first-order chi connectivity index (χ1) is 18.0. The van der Waals surface area contributed by atoms with Crippen LogP contribution in [0.3, 0.4) is 0 Å². The highest BCUT2D eigenvalue weighted by Crippen LogP contribution is 2.35. The van der Waals surface area contributed by atoms with E-state index >= 15 is 0 Å². The molecule has 4 rings (SSSR count). The van der Waals surface area contributed by atoms with Crippen molar-refractivity contribution in [1.82, 2.24) is 9.88 Å². The molecule has 3 N–H and O–H groups in total. The third kappa shape index (κ3) is 5.72. The monoisotopic (exact) mass is 540 g/mol. The molecule has 0 saturated carbocycles. The highest BCUT2D eigenvalue weighted by atomic mass is 35.5. The molecule has 0 spiro atoms. The van der Waals surface area contributed by atoms with Crippen LogP contribution in [-0.2, 0) is 9.59 Å². The smallest absolute Gasteiger partial charge is 0.246 e. The summed E-state index contributed by atoms with van der Waals surface area (Å²) in [4.78, 5) is 32.3. The van der Waals surface area contributed by atoms with Gasteiger partial charge in [-0.25, -0.2) is 4.98 Å². The van der Waals surface area contributed by atoms with Crippen LogP contribution in [0.2, 0.25) is 5.02 Å². The maximum absolute atomic E-state index is 13.9. The zero-order chi connectivity index (χ0) is 27.6. The molecule has 2 aromatic carbocycles. The predicted molar refractivity (Wildman–Crippen MR) is 147 cm³/mol. The van der Waals surface area contributed by atoms with Crippen LogP contribution in [0.15, 0.2) is 48.7 Å². The molecule has 0 bridgehead atoms. The zero-order valence-corrected chi connectivity index (χ0v) is 22.9. The van der Waals surface area contributed by atoms with Crippen molar-refractivity contribution >= 4 is 39.9 Å². The molecule has 0 radical (unpaired) electrons. The number of aromatic nitrogens is 1. The maximum Gasteiger partial charge on any atom is 0.246 e. The van der Waals surface area contributed by atoms with E-state index < -0.39 is 29.5 Å². The first kappa shape index (κ1) is 27.3. The van der Waals surface area contributed by atoms with E-state index in [1.165, 1.54) is 4.90 Å². The number of methoxy groups -OCH3 is 2. The lowest BCUT2D eigenvalue weighted by Crippen LogP contribution is -2.53. The number of pyridine rings is 1. The lowest BCUT2D eigenvalue weighted by Gasteiger charge is -2.35. The Labute approximate surface area is 227 Å². The highest BCUT2D eigenvalue weighted by Gasteiger charge is 2.44. The number of nitrogens with zero attached hydrogens (tertiary/aromatic N) is 2. The summed E-state index contributed by atoms with van der Waals surface area (Å²) < 4.78 is 17.0. The molecule has 1 aliphatic rings. The summed E-state index contributed by atoms with van der Waals surface area (Å²) in [6.07, 6.45) is 1.31. The SMILES string of the molecule is COc1cccc(NC(C(=O)N2C[C@H](Oc3ncc(OC)c4ccc(Cl)cc34)C[C@H]2C(N)=O)C(C)(C)C)c1. The molecule has 2 amide bonds. The van der Waals surface area contributed by atoms with Gasteiger partial charge >= 0.3 is 0 Å². The molecular weight excluding hydrogens is 508 g/mol. The molecule has 10 heteroatoms. The number of anilines is 1. The number of halogens is 1. The van der Waals surface area contributed by atoms with Gasteiger partial charge < -0.3 is 30.2 Å². The number of carbonyl (C=O) groups excluding carboxylic acids is 2. The minimum Gasteiger partial charge on any atom is -0.497 e. The maximum atomic E-state index is 13.9. The fraction of sp³-hybridized carbons (Fsp3) is 0.393. The molecule has 9 nitrogen and oxygen atoms in total. The summed E-state index contributed by atoms with van der Waals surface area (Å²) in [5.41, 5.74) is 6.00. The van der Waals surface area contributed by atoms with Crippen molar-refractivity contribution in [3.8, 4) is 17.4 Å². The van der Waals surface area contributed by atoms with Crippen molar-refractivity contribution in [3.63, 3.8) is 0 Å². The van der Waals surface area contributed by atoms with Gasteiger partial charge in [0.1, 0.15) is 29.7 Å². The number of likely N-dealkylation sites (tertiary alicyclic amines) is 1. The molecule has 202 valence electrons. The molecule has 1 unspecified atom stereocenters. The Morgan fingerprint density at radius 2 is 1.89 bits per heavy atom. The quantitative estimate of drug-likeness (QED) is 0.438. The summed E-state index contributed by atoms with van der Waals surface area (Å²) in [6.45, 7) is 6.06. The van der Waals surface area contributed by atoms with Crippen molar-refractivity contribution < 1.29 is 23.8 Å². The van der Waals surface area contributed by atoms with Crippen molar-refractivity contribution in [2.24, 2.45) is 11.1 Å². The number of carbonyl (C=O) groups is 2. The molecule has 1 aliphatic heterocycles. The molecule has 1 fully saturated rings. The second-order valence-electron chi connectivity index (χ2n) is 10.4. The van der Waals surface area contributed by atoms with Crippen LogP contribution in [-0.4, -0.2) is 60.7 Å². The Morgan fingerprint density at radius 1 is 1.13 bits per heavy atom. The molecule has 38 heavy (non-hydrogen) atoms. The van der Waals surface area contributed by atoms with Gasteiger partial charge in [-0.2, -0.15) is 0 Å². The van der Waals surface area contributed by atoms with Crippen LogP contribution in [0, 0.1) is 5.41 Å². The average molecular weight is 541 g/mol. The van der Waals surface area contributed by atoms with E-state index in [1.54, 1.807) is 32.5 Å². The number of hydrogen-bond acceptors (Lipinski definition) is 7. The lowest BCUT2D eigenvalue weighted by molar-refractivity contribution is -0.139. The Kier molecular flexibility index (Phi) is 7.87. The van der Waals surface area contributed by atoms with E-state index in [4.69, 9.17) is 31.5 Å². The number of primary amides is 1. The summed E-state index contributed by atoms with van der Waals surface area (Å²) in [7, 11) is 3.15. The predicted octanol–water partition coefficient (Wildman–Crippen LogP) is 4.27. The lowest BCUT2D eigenvalue weighted by atomic mass is 9.85. The molecule has 3 aromatic rings. The number of ether oxygens (including phenoxy) is 3. The Hall–Kier alpha value is -3.72. The van der Waals surface area contributed by atoms with Gasteiger partial charge in [0.25, 0.3) is 0 Å². The fourth-order valence-electron chi connectivity index (χ4n) is 4.67. The molecule has 3 atom stereocenters. The van der Waals surface area contributed by atoms with Crippen LogP contribution in [0.1, 0.15) is 27.2 Å². The van der Waals surface area contributed by atoms with E-state index in [1.807, 2.05) is 51.1 Å². The van der Waals surface area contributed by atoms with Crippen LogP contribution in [0.4, 0.5) is 5.69 Å². The van der Waals surface area contributed by atoms with Gasteiger partial charge in [-0.05, 0) is 35.7 Å². The van der Waals surface area contributed by atoms with Gasteiger partial charge in [-0.3, -0.25) is 9.59 Å². The number of amides is 2. The zero-order valence-electron chi connectivity index (χ0n) is 22.2. The third-order valence-corrected chi connectivity index (χ3v) is 6.88. The van der Waals surface area contributed by atoms with Gasteiger partial charge in [-0.1, -0.05) is 38.4 Å². The summed E-state index contributed by atoms with van der Waals surface area (Å²) in [5, 5.41) is 5.31. The Balaban J connectivity index is 1.61. The van der Waals surface area contributed by atoms with E-state index in [-0.39, 0.29) is 18.9 Å². The second-order valence-corrected chi connectivity index (χ2v) is 10.8. The van der Waals surface area contributed by atoms with Gasteiger partial charge in [0, 0.05) is 34.0 Å². The van der Waals surface area contributed by atoms with Crippen molar-refractivity contribution in [2.45, 2.75) is 45.4 Å². The summed E-state index contributed by atoms with van der Waals surface area (Å²) in [5.74, 6) is 0.755. The van der Waals surface area contributed by atoms with Gasteiger partial charge in [0.15, 0.2) is 0 Å². The van der Waals surface area contributed by atoms with Crippen LogP contribution in [0.5, 0.6) is 17.4 Å². The normalized spacial score (nSPS) is 18.2. The van der Waals surface area contributed by atoms with Crippen LogP contribution < -0.4 is 25.3 Å². The highest BCUT2D eigenvalue weighted by molar-refractivity contribution is 6.31. The van der Waals surface area contributed by atoms with Gasteiger partial charge in [-0.15, -0.1) is 0 Å². The topological polar surface area (TPSA) is 116 Å². The fourth-order valence-corrected chi connectivity index (χ4v) is 4.84. The average Bonchev–Trinajstić information content (AvgIpc) is 3.31. The number of benzene rings is 2.